The Kier molecular flexibility index (Phi) is 2.82. The van der Waals surface area contributed by atoms with E-state index in [1.54, 1.807) is 0 Å². The molecule has 1 aliphatic rings. The van der Waals surface area contributed by atoms with Crippen molar-refractivity contribution in [3.8, 4) is 0 Å². The van der Waals surface area contributed by atoms with E-state index in [4.69, 9.17) is 5.73 Å². The Morgan fingerprint density at radius 3 is 2.53 bits per heavy atom. The van der Waals surface area contributed by atoms with Crippen molar-refractivity contribution in [1.82, 2.24) is 0 Å². The maximum absolute atomic E-state index is 5.77. The smallest absolute Gasteiger partial charge is 0.0596 e. The summed E-state index contributed by atoms with van der Waals surface area (Å²) in [5, 5.41) is 3.54. The lowest BCUT2D eigenvalue weighted by atomic mass is 9.87. The summed E-state index contributed by atoms with van der Waals surface area (Å²) >= 11 is 0. The summed E-state index contributed by atoms with van der Waals surface area (Å²) in [6.07, 6.45) is 2.17. The third kappa shape index (κ3) is 2.23. The van der Waals surface area contributed by atoms with Gasteiger partial charge in [0.1, 0.15) is 0 Å². The molecular weight excluding hydrogens is 186 g/mol. The van der Waals surface area contributed by atoms with E-state index in [0.717, 1.165) is 12.8 Å². The molecule has 0 heterocycles. The minimum Gasteiger partial charge on any atom is -0.381 e. The van der Waals surface area contributed by atoms with E-state index in [1.807, 2.05) is 0 Å². The maximum Gasteiger partial charge on any atom is 0.0596 e. The quantitative estimate of drug-likeness (QED) is 0.788. The third-order valence-corrected chi connectivity index (χ3v) is 2.92. The molecule has 82 valence electrons. The van der Waals surface area contributed by atoms with Crippen molar-refractivity contribution >= 4 is 11.4 Å². The van der Waals surface area contributed by atoms with E-state index in [0.29, 0.717) is 12.1 Å². The van der Waals surface area contributed by atoms with Crippen molar-refractivity contribution in [1.29, 1.82) is 0 Å². The predicted molar refractivity (Wildman–Crippen MR) is 65.4 cm³/mol. The number of rotatable bonds is 3. The molecule has 3 nitrogen and oxygen atoms in total. The van der Waals surface area contributed by atoms with E-state index < -0.39 is 0 Å². The Balaban J connectivity index is 2.07. The fourth-order valence-corrected chi connectivity index (χ4v) is 1.99. The normalized spacial score (nSPS) is 24.5. The molecule has 0 radical (unpaired) electrons. The molecule has 3 N–H and O–H groups in total. The van der Waals surface area contributed by atoms with Gasteiger partial charge in [0, 0.05) is 26.2 Å². The van der Waals surface area contributed by atoms with Crippen LogP contribution in [0, 0.1) is 0 Å². The molecule has 15 heavy (non-hydrogen) atoms. The molecule has 1 aliphatic carbocycles. The van der Waals surface area contributed by atoms with Crippen molar-refractivity contribution in [3.05, 3.63) is 24.3 Å². The Morgan fingerprint density at radius 1 is 1.27 bits per heavy atom. The van der Waals surface area contributed by atoms with E-state index in [9.17, 15) is 0 Å². The first kappa shape index (κ1) is 10.3. The molecule has 0 bridgehead atoms. The summed E-state index contributed by atoms with van der Waals surface area (Å²) in [6.45, 7) is 0. The number of nitrogens with one attached hydrogen (secondary N) is 1. The fraction of sp³-hybridized carbons (Fsp3) is 0.500. The molecule has 0 spiro atoms. The summed E-state index contributed by atoms with van der Waals surface area (Å²) in [5.41, 5.74) is 8.21. The molecule has 1 aromatic carbocycles. The van der Waals surface area contributed by atoms with Crippen LogP contribution >= 0.6 is 0 Å². The highest BCUT2D eigenvalue weighted by Crippen LogP contribution is 2.28. The largest absolute Gasteiger partial charge is 0.381 e. The zero-order chi connectivity index (χ0) is 10.8. The topological polar surface area (TPSA) is 41.3 Å². The number of para-hydroxylation sites is 2. The van der Waals surface area contributed by atoms with Gasteiger partial charge in [-0.3, -0.25) is 0 Å². The lowest BCUT2D eigenvalue weighted by molar-refractivity contribution is 0.374. The second-order valence-electron chi connectivity index (χ2n) is 4.48. The molecule has 1 aromatic rings. The molecule has 0 unspecified atom stereocenters. The van der Waals surface area contributed by atoms with Crippen LogP contribution in [0.5, 0.6) is 0 Å². The summed E-state index contributed by atoms with van der Waals surface area (Å²) in [7, 11) is 4.13. The zero-order valence-electron chi connectivity index (χ0n) is 9.40. The van der Waals surface area contributed by atoms with Crippen molar-refractivity contribution in [2.45, 2.75) is 24.9 Å². The number of nitrogens with zero attached hydrogens (tertiary/aromatic N) is 1. The average Bonchev–Trinajstić information content (AvgIpc) is 2.16. The summed E-state index contributed by atoms with van der Waals surface area (Å²) in [5.74, 6) is 0. The van der Waals surface area contributed by atoms with Crippen LogP contribution < -0.4 is 16.0 Å². The van der Waals surface area contributed by atoms with Gasteiger partial charge >= 0.3 is 0 Å². The minimum atomic E-state index is 0.397. The molecule has 3 heteroatoms. The van der Waals surface area contributed by atoms with Gasteiger partial charge in [-0.1, -0.05) is 12.1 Å². The van der Waals surface area contributed by atoms with Gasteiger partial charge in [-0.05, 0) is 25.0 Å². The Morgan fingerprint density at radius 2 is 1.93 bits per heavy atom. The lowest BCUT2D eigenvalue weighted by Crippen LogP contribution is -2.44. The van der Waals surface area contributed by atoms with E-state index in [1.165, 1.54) is 11.4 Å². The van der Waals surface area contributed by atoms with E-state index in [-0.39, 0.29) is 0 Å². The first-order chi connectivity index (χ1) is 7.16. The molecule has 0 amide bonds. The van der Waals surface area contributed by atoms with Gasteiger partial charge in [0.2, 0.25) is 0 Å². The van der Waals surface area contributed by atoms with Crippen molar-refractivity contribution < 1.29 is 0 Å². The average molecular weight is 205 g/mol. The van der Waals surface area contributed by atoms with Crippen LogP contribution in [-0.2, 0) is 0 Å². The highest BCUT2D eigenvalue weighted by atomic mass is 15.1. The molecule has 0 saturated heterocycles. The second-order valence-corrected chi connectivity index (χ2v) is 4.48. The molecule has 0 aromatic heterocycles. The van der Waals surface area contributed by atoms with Crippen LogP contribution in [0.15, 0.2) is 24.3 Å². The van der Waals surface area contributed by atoms with Crippen LogP contribution in [0.25, 0.3) is 0 Å². The Labute approximate surface area is 91.3 Å². The zero-order valence-corrected chi connectivity index (χ0v) is 9.40. The molecule has 1 fully saturated rings. The van der Waals surface area contributed by atoms with Crippen LogP contribution in [-0.4, -0.2) is 26.2 Å². The highest BCUT2D eigenvalue weighted by Gasteiger charge is 2.26. The summed E-state index contributed by atoms with van der Waals surface area (Å²) in [4.78, 5) is 2.13. The number of hydrogen-bond donors (Lipinski definition) is 2. The van der Waals surface area contributed by atoms with E-state index in [2.05, 4.69) is 48.6 Å². The SMILES string of the molecule is CN(C)c1ccccc1NC1CC(N)C1. The lowest BCUT2D eigenvalue weighted by Gasteiger charge is -2.34. The summed E-state index contributed by atoms with van der Waals surface area (Å²) < 4.78 is 0. The van der Waals surface area contributed by atoms with Gasteiger partial charge in [-0.2, -0.15) is 0 Å². The van der Waals surface area contributed by atoms with Crippen molar-refractivity contribution in [3.63, 3.8) is 0 Å². The maximum atomic E-state index is 5.77. The van der Waals surface area contributed by atoms with E-state index >= 15 is 0 Å². The van der Waals surface area contributed by atoms with Crippen LogP contribution in [0.3, 0.4) is 0 Å². The van der Waals surface area contributed by atoms with Crippen LogP contribution in [0.4, 0.5) is 11.4 Å². The van der Waals surface area contributed by atoms with Gasteiger partial charge in [0.05, 0.1) is 11.4 Å². The molecule has 0 aliphatic heterocycles. The van der Waals surface area contributed by atoms with Crippen molar-refractivity contribution in [2.24, 2.45) is 5.73 Å². The Hall–Kier alpha value is -1.22. The van der Waals surface area contributed by atoms with Gasteiger partial charge in [0.25, 0.3) is 0 Å². The highest BCUT2D eigenvalue weighted by molar-refractivity contribution is 5.69. The third-order valence-electron chi connectivity index (χ3n) is 2.92. The number of nitrogens with two attached hydrogens (primary N) is 1. The molecule has 1 saturated carbocycles. The number of benzene rings is 1. The van der Waals surface area contributed by atoms with Gasteiger partial charge < -0.3 is 16.0 Å². The first-order valence-corrected chi connectivity index (χ1v) is 5.45. The fourth-order valence-electron chi connectivity index (χ4n) is 1.99. The van der Waals surface area contributed by atoms with Crippen LogP contribution in [0.1, 0.15) is 12.8 Å². The van der Waals surface area contributed by atoms with Crippen molar-refractivity contribution in [2.75, 3.05) is 24.3 Å². The summed E-state index contributed by atoms with van der Waals surface area (Å²) in [6, 6.07) is 9.33. The molecular formula is C12H19N3. The van der Waals surface area contributed by atoms with Crippen LogP contribution in [0.2, 0.25) is 0 Å². The molecule has 0 atom stereocenters. The Bertz CT molecular complexity index is 329. The number of hydrogen-bond acceptors (Lipinski definition) is 3. The monoisotopic (exact) mass is 205 g/mol. The van der Waals surface area contributed by atoms with Gasteiger partial charge in [-0.25, -0.2) is 0 Å². The predicted octanol–water partition coefficient (Wildman–Crippen LogP) is 1.65. The number of anilines is 2. The second kappa shape index (κ2) is 4.11. The minimum absolute atomic E-state index is 0.397. The first-order valence-electron chi connectivity index (χ1n) is 5.45. The van der Waals surface area contributed by atoms with Gasteiger partial charge in [-0.15, -0.1) is 0 Å². The standard InChI is InChI=1S/C12H19N3/c1-15(2)12-6-4-3-5-11(12)14-10-7-9(13)8-10/h3-6,9-10,14H,7-8,13H2,1-2H3. The van der Waals surface area contributed by atoms with Gasteiger partial charge in [0.15, 0.2) is 0 Å². The molecule has 2 rings (SSSR count).